The number of aliphatic carboxylic acids is 2. The lowest BCUT2D eigenvalue weighted by atomic mass is 9.75. The van der Waals surface area contributed by atoms with Crippen molar-refractivity contribution in [2.24, 2.45) is 17.8 Å². The molecule has 138 valence electrons. The molecule has 0 aliphatic heterocycles. The molecule has 2 atom stereocenters. The lowest BCUT2D eigenvalue weighted by molar-refractivity contribution is -0.156. The van der Waals surface area contributed by atoms with Crippen molar-refractivity contribution in [3.8, 4) is 0 Å². The first-order valence-corrected chi connectivity index (χ1v) is 9.08. The van der Waals surface area contributed by atoms with Crippen molar-refractivity contribution in [2.75, 3.05) is 6.61 Å². The van der Waals surface area contributed by atoms with E-state index in [1.54, 1.807) is 0 Å². The van der Waals surface area contributed by atoms with Crippen molar-refractivity contribution in [1.29, 1.82) is 0 Å². The normalized spacial score (nSPS) is 23.6. The summed E-state index contributed by atoms with van der Waals surface area (Å²) in [5.74, 6) is -4.70. The molecule has 2 unspecified atom stereocenters. The summed E-state index contributed by atoms with van der Waals surface area (Å²) in [5.41, 5.74) is 0. The van der Waals surface area contributed by atoms with Crippen molar-refractivity contribution < 1.29 is 29.3 Å². The molecule has 0 radical (unpaired) electrons. The zero-order valence-corrected chi connectivity index (χ0v) is 14.5. The van der Waals surface area contributed by atoms with E-state index >= 15 is 0 Å². The van der Waals surface area contributed by atoms with Gasteiger partial charge in [-0.1, -0.05) is 45.4 Å². The van der Waals surface area contributed by atoms with Gasteiger partial charge in [0.25, 0.3) is 0 Å². The number of esters is 1. The molecule has 1 aliphatic carbocycles. The second-order valence-corrected chi connectivity index (χ2v) is 6.76. The Balaban J connectivity index is 2.29. The van der Waals surface area contributed by atoms with Crippen molar-refractivity contribution in [3.63, 3.8) is 0 Å². The molecule has 0 saturated heterocycles. The van der Waals surface area contributed by atoms with Crippen LogP contribution in [0.3, 0.4) is 0 Å². The Bertz CT molecular complexity index is 398. The van der Waals surface area contributed by atoms with E-state index in [0.29, 0.717) is 6.61 Å². The number of rotatable bonds is 11. The standard InChI is InChI=1S/C18H30O6/c1-2-3-4-5-6-7-8-9-24-18(23)15-11-13(16(19)20)10-14(12-15)17(21)22/h13-15H,2-12H2,1H3,(H,19,20)(H,21,22). The predicted octanol–water partition coefficient (Wildman–Crippen LogP) is 3.48. The van der Waals surface area contributed by atoms with Gasteiger partial charge in [0.05, 0.1) is 24.4 Å². The minimum atomic E-state index is -1.04. The number of carbonyl (C=O) groups excluding carboxylic acids is 1. The van der Waals surface area contributed by atoms with E-state index in [0.717, 1.165) is 19.3 Å². The number of hydrogen-bond donors (Lipinski definition) is 2. The zero-order chi connectivity index (χ0) is 17.9. The first-order valence-electron chi connectivity index (χ1n) is 9.08. The number of hydrogen-bond acceptors (Lipinski definition) is 4. The fraction of sp³-hybridized carbons (Fsp3) is 0.833. The van der Waals surface area contributed by atoms with E-state index in [2.05, 4.69) is 6.92 Å². The maximum atomic E-state index is 12.1. The Morgan fingerprint density at radius 1 is 0.792 bits per heavy atom. The van der Waals surface area contributed by atoms with E-state index in [1.165, 1.54) is 25.7 Å². The van der Waals surface area contributed by atoms with Crippen LogP contribution < -0.4 is 0 Å². The third-order valence-electron chi connectivity index (χ3n) is 4.73. The smallest absolute Gasteiger partial charge is 0.308 e. The highest BCUT2D eigenvalue weighted by Crippen LogP contribution is 2.34. The third kappa shape index (κ3) is 7.32. The maximum absolute atomic E-state index is 12.1. The molecule has 0 amide bonds. The topological polar surface area (TPSA) is 101 Å². The number of carbonyl (C=O) groups is 3. The summed E-state index contributed by atoms with van der Waals surface area (Å²) < 4.78 is 5.24. The van der Waals surface area contributed by atoms with E-state index in [-0.39, 0.29) is 19.3 Å². The molecule has 6 nitrogen and oxygen atoms in total. The Kier molecular flexibility index (Phi) is 9.42. The summed E-state index contributed by atoms with van der Waals surface area (Å²) in [7, 11) is 0. The van der Waals surface area contributed by atoms with E-state index < -0.39 is 35.7 Å². The van der Waals surface area contributed by atoms with Crippen molar-refractivity contribution in [3.05, 3.63) is 0 Å². The summed E-state index contributed by atoms with van der Waals surface area (Å²) in [6.07, 6.45) is 8.29. The van der Waals surface area contributed by atoms with Crippen LogP contribution in [0.4, 0.5) is 0 Å². The van der Waals surface area contributed by atoms with Gasteiger partial charge in [-0.2, -0.15) is 0 Å². The Morgan fingerprint density at radius 2 is 1.25 bits per heavy atom. The van der Waals surface area contributed by atoms with Gasteiger partial charge in [0.1, 0.15) is 0 Å². The van der Waals surface area contributed by atoms with Gasteiger partial charge in [0.2, 0.25) is 0 Å². The largest absolute Gasteiger partial charge is 0.481 e. The molecular weight excluding hydrogens is 312 g/mol. The van der Waals surface area contributed by atoms with Gasteiger partial charge >= 0.3 is 17.9 Å². The lowest BCUT2D eigenvalue weighted by Gasteiger charge is -2.29. The van der Waals surface area contributed by atoms with Crippen molar-refractivity contribution in [1.82, 2.24) is 0 Å². The molecule has 1 rings (SSSR count). The second kappa shape index (κ2) is 11.0. The molecular formula is C18H30O6. The van der Waals surface area contributed by atoms with Gasteiger partial charge in [0.15, 0.2) is 0 Å². The quantitative estimate of drug-likeness (QED) is 0.440. The molecule has 0 aromatic carbocycles. The predicted molar refractivity (Wildman–Crippen MR) is 88.5 cm³/mol. The van der Waals surface area contributed by atoms with Gasteiger partial charge in [-0.05, 0) is 25.7 Å². The third-order valence-corrected chi connectivity index (χ3v) is 4.73. The fourth-order valence-electron chi connectivity index (χ4n) is 3.26. The molecule has 0 heterocycles. The van der Waals surface area contributed by atoms with Crippen molar-refractivity contribution >= 4 is 17.9 Å². The Labute approximate surface area is 143 Å². The molecule has 1 aliphatic rings. The lowest BCUT2D eigenvalue weighted by Crippen LogP contribution is -2.35. The highest BCUT2D eigenvalue weighted by Gasteiger charge is 2.39. The molecule has 24 heavy (non-hydrogen) atoms. The summed E-state index contributed by atoms with van der Waals surface area (Å²) in [6, 6.07) is 0. The minimum absolute atomic E-state index is 0.0895. The highest BCUT2D eigenvalue weighted by atomic mass is 16.5. The van der Waals surface area contributed by atoms with Crippen LogP contribution in [0.2, 0.25) is 0 Å². The Morgan fingerprint density at radius 3 is 1.75 bits per heavy atom. The SMILES string of the molecule is CCCCCCCCCOC(=O)C1CC(C(=O)O)CC(C(=O)O)C1. The average Bonchev–Trinajstić information content (AvgIpc) is 2.56. The molecule has 6 heteroatoms. The molecule has 0 spiro atoms. The van der Waals surface area contributed by atoms with Crippen LogP contribution in [0.5, 0.6) is 0 Å². The van der Waals surface area contributed by atoms with Gasteiger partial charge in [-0.25, -0.2) is 0 Å². The van der Waals surface area contributed by atoms with Crippen LogP contribution in [0, 0.1) is 17.8 Å². The Hall–Kier alpha value is -1.59. The van der Waals surface area contributed by atoms with E-state index in [9.17, 15) is 14.4 Å². The first kappa shape index (κ1) is 20.5. The van der Waals surface area contributed by atoms with Gasteiger partial charge in [0, 0.05) is 0 Å². The fourth-order valence-corrected chi connectivity index (χ4v) is 3.26. The molecule has 0 aromatic rings. The highest BCUT2D eigenvalue weighted by molar-refractivity contribution is 5.79. The van der Waals surface area contributed by atoms with Crippen LogP contribution in [0.25, 0.3) is 0 Å². The summed E-state index contributed by atoms with van der Waals surface area (Å²) in [5, 5.41) is 18.3. The monoisotopic (exact) mass is 342 g/mol. The van der Waals surface area contributed by atoms with Gasteiger partial charge < -0.3 is 14.9 Å². The molecule has 0 aromatic heterocycles. The summed E-state index contributed by atoms with van der Waals surface area (Å²) in [6.45, 7) is 2.51. The maximum Gasteiger partial charge on any atom is 0.308 e. The van der Waals surface area contributed by atoms with E-state index in [4.69, 9.17) is 14.9 Å². The average molecular weight is 342 g/mol. The summed E-state index contributed by atoms with van der Waals surface area (Å²) in [4.78, 5) is 34.4. The number of unbranched alkanes of at least 4 members (excludes halogenated alkanes) is 6. The molecule has 1 fully saturated rings. The van der Waals surface area contributed by atoms with Crippen LogP contribution in [0.15, 0.2) is 0 Å². The van der Waals surface area contributed by atoms with Gasteiger partial charge in [-0.3, -0.25) is 14.4 Å². The number of carboxylic acids is 2. The minimum Gasteiger partial charge on any atom is -0.481 e. The van der Waals surface area contributed by atoms with Gasteiger partial charge in [-0.15, -0.1) is 0 Å². The van der Waals surface area contributed by atoms with Crippen LogP contribution in [-0.4, -0.2) is 34.7 Å². The molecule has 1 saturated carbocycles. The second-order valence-electron chi connectivity index (χ2n) is 6.76. The molecule has 0 bridgehead atoms. The van der Waals surface area contributed by atoms with Crippen LogP contribution >= 0.6 is 0 Å². The van der Waals surface area contributed by atoms with Crippen molar-refractivity contribution in [2.45, 2.75) is 71.1 Å². The number of carboxylic acid groups (broad SMARTS) is 2. The van der Waals surface area contributed by atoms with E-state index in [1.807, 2.05) is 0 Å². The zero-order valence-electron chi connectivity index (χ0n) is 14.5. The first-order chi connectivity index (χ1) is 11.5. The van der Waals surface area contributed by atoms with Crippen LogP contribution in [-0.2, 0) is 19.1 Å². The van der Waals surface area contributed by atoms with Crippen LogP contribution in [0.1, 0.15) is 71.1 Å². The molecule has 2 N–H and O–H groups in total. The number of ether oxygens (including phenoxy) is 1. The summed E-state index contributed by atoms with van der Waals surface area (Å²) >= 11 is 0.